The van der Waals surface area contributed by atoms with Crippen LogP contribution < -0.4 is 0 Å². The topological polar surface area (TPSA) is 35.6 Å². The van der Waals surface area contributed by atoms with Crippen LogP contribution in [-0.2, 0) is 0 Å². The summed E-state index contributed by atoms with van der Waals surface area (Å²) in [6.07, 6.45) is 1.92. The van der Waals surface area contributed by atoms with E-state index in [1.54, 1.807) is 0 Å². The van der Waals surface area contributed by atoms with E-state index in [0.29, 0.717) is 0 Å². The zero-order valence-electron chi connectivity index (χ0n) is 29.1. The second kappa shape index (κ2) is 11.1. The molecule has 0 fully saturated rings. The highest BCUT2D eigenvalue weighted by molar-refractivity contribution is 6.23. The van der Waals surface area contributed by atoms with E-state index in [1.165, 1.54) is 59.8 Å². The standard InChI is InChI=1S/C50H30N4/c1-2-12-34(13-3-1)53-45-20-10-8-16-38(45)42-29-48-43(28-47(42)53)39-17-9-11-21-46(39)54(48)35-25-24-31-26-33(23-22-32(31)27-35)44-30-51-49-40-18-6-4-14-36(40)37-15-5-7-19-41(37)50(49)52-44/h1-30H. The molecule has 9 aromatic carbocycles. The van der Waals surface area contributed by atoms with Gasteiger partial charge in [0.2, 0.25) is 0 Å². The summed E-state index contributed by atoms with van der Waals surface area (Å²) in [5.41, 5.74) is 10.9. The summed E-state index contributed by atoms with van der Waals surface area (Å²) in [4.78, 5) is 10.3. The van der Waals surface area contributed by atoms with Crippen LogP contribution in [0.4, 0.5) is 0 Å². The molecular weight excluding hydrogens is 657 g/mol. The first kappa shape index (κ1) is 29.3. The van der Waals surface area contributed by atoms with Gasteiger partial charge in [-0.15, -0.1) is 0 Å². The predicted octanol–water partition coefficient (Wildman–Crippen LogP) is 13.0. The fraction of sp³-hybridized carbons (Fsp3) is 0. The zero-order valence-corrected chi connectivity index (χ0v) is 29.1. The predicted molar refractivity (Wildman–Crippen MR) is 226 cm³/mol. The van der Waals surface area contributed by atoms with E-state index in [4.69, 9.17) is 9.97 Å². The quantitative estimate of drug-likeness (QED) is 0.173. The van der Waals surface area contributed by atoms with Crippen molar-refractivity contribution in [3.63, 3.8) is 0 Å². The summed E-state index contributed by atoms with van der Waals surface area (Å²) >= 11 is 0. The van der Waals surface area contributed by atoms with Crippen LogP contribution >= 0.6 is 0 Å². The molecule has 0 unspecified atom stereocenters. The molecule has 0 N–H and O–H groups in total. The molecular formula is C50H30N4. The average molecular weight is 687 g/mol. The molecule has 0 aliphatic rings. The Bertz CT molecular complexity index is 3460. The summed E-state index contributed by atoms with van der Waals surface area (Å²) in [6.45, 7) is 0. The van der Waals surface area contributed by atoms with Crippen LogP contribution in [0.15, 0.2) is 182 Å². The number of hydrogen-bond acceptors (Lipinski definition) is 2. The third-order valence-electron chi connectivity index (χ3n) is 11.3. The Morgan fingerprint density at radius 2 is 0.852 bits per heavy atom. The van der Waals surface area contributed by atoms with Crippen molar-refractivity contribution in [2.75, 3.05) is 0 Å². The molecule has 0 bridgehead atoms. The van der Waals surface area contributed by atoms with Gasteiger partial charge >= 0.3 is 0 Å². The first-order valence-corrected chi connectivity index (χ1v) is 18.4. The number of fused-ring (bicyclic) bond motifs is 13. The molecule has 0 spiro atoms. The van der Waals surface area contributed by atoms with Gasteiger partial charge in [-0.25, -0.2) is 4.98 Å². The second-order valence-electron chi connectivity index (χ2n) is 14.2. The maximum Gasteiger partial charge on any atom is 0.0979 e. The molecule has 0 radical (unpaired) electrons. The van der Waals surface area contributed by atoms with Crippen molar-refractivity contribution in [1.29, 1.82) is 0 Å². The number of benzene rings is 9. The van der Waals surface area contributed by atoms with E-state index in [0.717, 1.165) is 49.8 Å². The van der Waals surface area contributed by atoms with Gasteiger partial charge in [-0.05, 0) is 76.1 Å². The van der Waals surface area contributed by atoms with E-state index in [9.17, 15) is 0 Å². The summed E-state index contributed by atoms with van der Waals surface area (Å²) in [5.74, 6) is 0. The Labute approximate surface area is 309 Å². The van der Waals surface area contributed by atoms with Gasteiger partial charge in [-0.3, -0.25) is 4.98 Å². The number of hydrogen-bond donors (Lipinski definition) is 0. The van der Waals surface area contributed by atoms with Crippen LogP contribution in [0.1, 0.15) is 0 Å². The van der Waals surface area contributed by atoms with Gasteiger partial charge in [0.1, 0.15) is 0 Å². The lowest BCUT2D eigenvalue weighted by molar-refractivity contribution is 1.18. The highest BCUT2D eigenvalue weighted by Crippen LogP contribution is 2.40. The van der Waals surface area contributed by atoms with Gasteiger partial charge in [0.15, 0.2) is 0 Å². The number of rotatable bonds is 3. The first-order valence-electron chi connectivity index (χ1n) is 18.4. The van der Waals surface area contributed by atoms with Gasteiger partial charge in [-0.2, -0.15) is 0 Å². The number of nitrogens with zero attached hydrogens (tertiary/aromatic N) is 4. The summed E-state index contributed by atoms with van der Waals surface area (Å²) < 4.78 is 4.82. The molecule has 0 amide bonds. The molecule has 0 aliphatic heterocycles. The summed E-state index contributed by atoms with van der Waals surface area (Å²) in [7, 11) is 0. The fourth-order valence-corrected chi connectivity index (χ4v) is 8.86. The Morgan fingerprint density at radius 1 is 0.333 bits per heavy atom. The highest BCUT2D eigenvalue weighted by atomic mass is 15.0. The third-order valence-corrected chi connectivity index (χ3v) is 11.3. The molecule has 4 heteroatoms. The minimum absolute atomic E-state index is 0.870. The van der Waals surface area contributed by atoms with Crippen molar-refractivity contribution < 1.29 is 0 Å². The Morgan fingerprint density at radius 3 is 1.52 bits per heavy atom. The molecule has 0 atom stereocenters. The number of para-hydroxylation sites is 3. The first-order chi connectivity index (χ1) is 26.8. The molecule has 12 aromatic rings. The van der Waals surface area contributed by atoms with Gasteiger partial charge in [0.25, 0.3) is 0 Å². The minimum atomic E-state index is 0.870. The van der Waals surface area contributed by atoms with Crippen LogP contribution in [0.2, 0.25) is 0 Å². The SMILES string of the molecule is c1ccc(-n2c3ccccc3c3cc4c(cc32)c2ccccc2n4-c2ccc3cc(-c4cnc5c6ccccc6c6ccccc6c5n4)ccc3c2)cc1. The largest absolute Gasteiger partial charge is 0.309 e. The van der Waals surface area contributed by atoms with E-state index in [1.807, 2.05) is 6.20 Å². The van der Waals surface area contributed by atoms with Gasteiger partial charge in [0.05, 0.1) is 45.0 Å². The van der Waals surface area contributed by atoms with Crippen LogP contribution in [0, 0.1) is 0 Å². The molecule has 3 heterocycles. The van der Waals surface area contributed by atoms with Crippen LogP contribution in [-0.4, -0.2) is 19.1 Å². The monoisotopic (exact) mass is 686 g/mol. The van der Waals surface area contributed by atoms with Crippen LogP contribution in [0.25, 0.3) is 110 Å². The van der Waals surface area contributed by atoms with Crippen molar-refractivity contribution in [1.82, 2.24) is 19.1 Å². The van der Waals surface area contributed by atoms with Gasteiger partial charge in [0, 0.05) is 49.3 Å². The van der Waals surface area contributed by atoms with E-state index in [2.05, 4.69) is 185 Å². The molecule has 250 valence electrons. The smallest absolute Gasteiger partial charge is 0.0979 e. The Balaban J connectivity index is 1.03. The van der Waals surface area contributed by atoms with E-state index < -0.39 is 0 Å². The Kier molecular flexibility index (Phi) is 6.02. The Hall–Kier alpha value is -7.30. The van der Waals surface area contributed by atoms with Crippen molar-refractivity contribution in [3.8, 4) is 22.6 Å². The molecule has 0 saturated carbocycles. The van der Waals surface area contributed by atoms with Crippen molar-refractivity contribution in [3.05, 3.63) is 182 Å². The molecule has 54 heavy (non-hydrogen) atoms. The molecule has 3 aromatic heterocycles. The maximum absolute atomic E-state index is 5.26. The summed E-state index contributed by atoms with van der Waals surface area (Å²) in [5, 5.41) is 12.0. The van der Waals surface area contributed by atoms with Gasteiger partial charge in [-0.1, -0.05) is 121 Å². The van der Waals surface area contributed by atoms with E-state index >= 15 is 0 Å². The minimum Gasteiger partial charge on any atom is -0.309 e. The normalized spacial score (nSPS) is 12.1. The molecule has 4 nitrogen and oxygen atoms in total. The van der Waals surface area contributed by atoms with Gasteiger partial charge < -0.3 is 9.13 Å². The third kappa shape index (κ3) is 4.13. The van der Waals surface area contributed by atoms with Crippen molar-refractivity contribution >= 4 is 87.0 Å². The lowest BCUT2D eigenvalue weighted by Gasteiger charge is -2.12. The lowest BCUT2D eigenvalue weighted by Crippen LogP contribution is -1.95. The highest BCUT2D eigenvalue weighted by Gasteiger charge is 2.19. The zero-order chi connectivity index (χ0) is 35.3. The molecule has 12 rings (SSSR count). The average Bonchev–Trinajstić information content (AvgIpc) is 3.74. The maximum atomic E-state index is 5.26. The molecule has 0 saturated heterocycles. The van der Waals surface area contributed by atoms with E-state index in [-0.39, 0.29) is 0 Å². The van der Waals surface area contributed by atoms with Crippen LogP contribution in [0.5, 0.6) is 0 Å². The lowest BCUT2D eigenvalue weighted by atomic mass is 9.99. The van der Waals surface area contributed by atoms with Crippen molar-refractivity contribution in [2.24, 2.45) is 0 Å². The number of aromatic nitrogens is 4. The van der Waals surface area contributed by atoms with Crippen molar-refractivity contribution in [2.45, 2.75) is 0 Å². The van der Waals surface area contributed by atoms with Crippen LogP contribution in [0.3, 0.4) is 0 Å². The summed E-state index contributed by atoms with van der Waals surface area (Å²) in [6, 6.07) is 63.4. The fourth-order valence-electron chi connectivity index (χ4n) is 8.86. The second-order valence-corrected chi connectivity index (χ2v) is 14.2. The molecule has 0 aliphatic carbocycles.